The Morgan fingerprint density at radius 3 is 2.68 bits per heavy atom. The minimum Gasteiger partial charge on any atom is -0.497 e. The molecule has 0 amide bonds. The summed E-state index contributed by atoms with van der Waals surface area (Å²) < 4.78 is 5.37. The first-order chi connectivity index (χ1) is 9.17. The van der Waals surface area contributed by atoms with Crippen LogP contribution in [-0.4, -0.2) is 12.9 Å². The van der Waals surface area contributed by atoms with Crippen LogP contribution in [0.3, 0.4) is 0 Å². The van der Waals surface area contributed by atoms with Crippen molar-refractivity contribution in [3.8, 4) is 5.75 Å². The molecule has 2 aliphatic rings. The SMILES string of the molecule is CCC1(CC)C(=O)C2CCc3ccc(OC)cc3C21. The monoisotopic (exact) mass is 258 g/mol. The van der Waals surface area contributed by atoms with E-state index in [0.717, 1.165) is 31.4 Å². The summed E-state index contributed by atoms with van der Waals surface area (Å²) in [4.78, 5) is 12.5. The van der Waals surface area contributed by atoms with Crippen molar-refractivity contribution in [1.82, 2.24) is 0 Å². The largest absolute Gasteiger partial charge is 0.497 e. The molecule has 2 unspecified atom stereocenters. The van der Waals surface area contributed by atoms with Gasteiger partial charge >= 0.3 is 0 Å². The number of aryl methyl sites for hydroxylation is 1. The van der Waals surface area contributed by atoms with Gasteiger partial charge < -0.3 is 4.74 Å². The highest BCUT2D eigenvalue weighted by molar-refractivity contribution is 5.96. The molecule has 2 nitrogen and oxygen atoms in total. The maximum atomic E-state index is 12.5. The summed E-state index contributed by atoms with van der Waals surface area (Å²) in [5.41, 5.74) is 2.69. The molecule has 3 rings (SSSR count). The van der Waals surface area contributed by atoms with Crippen LogP contribution in [0.15, 0.2) is 18.2 Å². The van der Waals surface area contributed by atoms with E-state index in [9.17, 15) is 4.79 Å². The Kier molecular flexibility index (Phi) is 2.92. The second-order valence-corrected chi connectivity index (χ2v) is 5.92. The number of methoxy groups -OCH3 is 1. The van der Waals surface area contributed by atoms with Crippen LogP contribution >= 0.6 is 0 Å². The lowest BCUT2D eigenvalue weighted by Gasteiger charge is -2.56. The predicted octanol–water partition coefficient (Wildman–Crippen LogP) is 3.73. The Morgan fingerprint density at radius 1 is 1.32 bits per heavy atom. The molecule has 2 atom stereocenters. The molecule has 1 aromatic rings. The summed E-state index contributed by atoms with van der Waals surface area (Å²) in [6.07, 6.45) is 3.99. The van der Waals surface area contributed by atoms with Gasteiger partial charge in [-0.05, 0) is 48.9 Å². The van der Waals surface area contributed by atoms with E-state index in [4.69, 9.17) is 4.74 Å². The molecule has 0 bridgehead atoms. The van der Waals surface area contributed by atoms with Crippen molar-refractivity contribution in [3.05, 3.63) is 29.3 Å². The number of benzene rings is 1. The fourth-order valence-electron chi connectivity index (χ4n) is 4.34. The Morgan fingerprint density at radius 2 is 2.05 bits per heavy atom. The van der Waals surface area contributed by atoms with Gasteiger partial charge in [-0.25, -0.2) is 0 Å². The number of carbonyl (C=O) groups is 1. The zero-order chi connectivity index (χ0) is 13.6. The fourth-order valence-corrected chi connectivity index (χ4v) is 4.34. The van der Waals surface area contributed by atoms with Crippen molar-refractivity contribution in [2.45, 2.75) is 45.4 Å². The summed E-state index contributed by atoms with van der Waals surface area (Å²) in [6.45, 7) is 4.32. The molecule has 0 spiro atoms. The molecule has 0 heterocycles. The molecule has 0 radical (unpaired) electrons. The van der Waals surface area contributed by atoms with E-state index in [-0.39, 0.29) is 11.3 Å². The molecule has 1 aromatic carbocycles. The van der Waals surface area contributed by atoms with E-state index in [2.05, 4.69) is 26.0 Å². The van der Waals surface area contributed by atoms with E-state index >= 15 is 0 Å². The first kappa shape index (κ1) is 12.7. The number of ketones is 1. The van der Waals surface area contributed by atoms with Crippen LogP contribution in [0.5, 0.6) is 5.75 Å². The van der Waals surface area contributed by atoms with Crippen LogP contribution in [0.25, 0.3) is 0 Å². The molecule has 1 saturated carbocycles. The highest BCUT2D eigenvalue weighted by Gasteiger charge is 2.60. The van der Waals surface area contributed by atoms with Gasteiger partial charge in [-0.15, -0.1) is 0 Å². The Bertz CT molecular complexity index is 514. The molecule has 0 saturated heterocycles. The minimum absolute atomic E-state index is 0.105. The number of carbonyl (C=O) groups excluding carboxylic acids is 1. The first-order valence-corrected chi connectivity index (χ1v) is 7.39. The fraction of sp³-hybridized carbons (Fsp3) is 0.588. The van der Waals surface area contributed by atoms with E-state index in [1.165, 1.54) is 11.1 Å². The zero-order valence-electron chi connectivity index (χ0n) is 12.0. The van der Waals surface area contributed by atoms with Crippen LogP contribution in [0.4, 0.5) is 0 Å². The second kappa shape index (κ2) is 4.36. The molecule has 2 aliphatic carbocycles. The number of hydrogen-bond acceptors (Lipinski definition) is 2. The third-order valence-electron chi connectivity index (χ3n) is 5.50. The standard InChI is InChI=1S/C17H22O2/c1-4-17(5-2)15-13(16(17)18)9-7-11-6-8-12(19-3)10-14(11)15/h6,8,10,13,15H,4-5,7,9H2,1-3H3. The maximum absolute atomic E-state index is 12.5. The van der Waals surface area contributed by atoms with Crippen LogP contribution in [0, 0.1) is 11.3 Å². The molecule has 0 aromatic heterocycles. The van der Waals surface area contributed by atoms with Gasteiger partial charge in [0.2, 0.25) is 0 Å². The van der Waals surface area contributed by atoms with Crippen LogP contribution in [0.2, 0.25) is 0 Å². The van der Waals surface area contributed by atoms with Crippen LogP contribution < -0.4 is 4.74 Å². The molecule has 1 fully saturated rings. The molecular formula is C17H22O2. The number of fused-ring (bicyclic) bond motifs is 3. The van der Waals surface area contributed by atoms with E-state index in [1.54, 1.807) is 7.11 Å². The predicted molar refractivity (Wildman–Crippen MR) is 75.6 cm³/mol. The minimum atomic E-state index is -0.105. The van der Waals surface area contributed by atoms with Crippen LogP contribution in [0.1, 0.15) is 50.2 Å². The van der Waals surface area contributed by atoms with Crippen molar-refractivity contribution in [2.24, 2.45) is 11.3 Å². The van der Waals surface area contributed by atoms with Gasteiger partial charge in [0, 0.05) is 17.3 Å². The third-order valence-corrected chi connectivity index (χ3v) is 5.50. The lowest BCUT2D eigenvalue weighted by molar-refractivity contribution is -0.152. The second-order valence-electron chi connectivity index (χ2n) is 5.92. The van der Waals surface area contributed by atoms with E-state index in [0.29, 0.717) is 11.7 Å². The summed E-state index contributed by atoms with van der Waals surface area (Å²) in [5, 5.41) is 0. The Balaban J connectivity index is 2.08. The lowest BCUT2D eigenvalue weighted by Crippen LogP contribution is -2.57. The molecular weight excluding hydrogens is 236 g/mol. The quantitative estimate of drug-likeness (QED) is 0.825. The van der Waals surface area contributed by atoms with Gasteiger partial charge in [0.15, 0.2) is 0 Å². The van der Waals surface area contributed by atoms with Crippen molar-refractivity contribution in [3.63, 3.8) is 0 Å². The number of Topliss-reactive ketones (excluding diaryl/α,β-unsaturated/α-hetero) is 1. The van der Waals surface area contributed by atoms with Gasteiger partial charge in [-0.3, -0.25) is 4.79 Å². The van der Waals surface area contributed by atoms with Gasteiger partial charge in [0.25, 0.3) is 0 Å². The highest BCUT2D eigenvalue weighted by Crippen LogP contribution is 2.62. The van der Waals surface area contributed by atoms with Crippen LogP contribution in [-0.2, 0) is 11.2 Å². The summed E-state index contributed by atoms with van der Waals surface area (Å²) in [7, 11) is 1.71. The topological polar surface area (TPSA) is 26.3 Å². The number of hydrogen-bond donors (Lipinski definition) is 0. The average molecular weight is 258 g/mol. The molecule has 2 heteroatoms. The Labute approximate surface area is 115 Å². The maximum Gasteiger partial charge on any atom is 0.143 e. The van der Waals surface area contributed by atoms with Gasteiger partial charge in [0.1, 0.15) is 11.5 Å². The van der Waals surface area contributed by atoms with Gasteiger partial charge in [-0.2, -0.15) is 0 Å². The summed E-state index contributed by atoms with van der Waals surface area (Å²) >= 11 is 0. The normalized spacial score (nSPS) is 27.2. The van der Waals surface area contributed by atoms with Crippen molar-refractivity contribution >= 4 is 5.78 Å². The molecule has 0 aliphatic heterocycles. The lowest BCUT2D eigenvalue weighted by atomic mass is 9.45. The van der Waals surface area contributed by atoms with Crippen molar-refractivity contribution < 1.29 is 9.53 Å². The van der Waals surface area contributed by atoms with E-state index < -0.39 is 0 Å². The number of rotatable bonds is 3. The molecule has 102 valence electrons. The zero-order valence-corrected chi connectivity index (χ0v) is 12.0. The summed E-state index contributed by atoms with van der Waals surface area (Å²) in [5.74, 6) is 2.11. The number of ether oxygens (including phenoxy) is 1. The molecule has 0 N–H and O–H groups in total. The molecule has 19 heavy (non-hydrogen) atoms. The smallest absolute Gasteiger partial charge is 0.143 e. The highest BCUT2D eigenvalue weighted by atomic mass is 16.5. The van der Waals surface area contributed by atoms with Crippen molar-refractivity contribution in [1.29, 1.82) is 0 Å². The van der Waals surface area contributed by atoms with E-state index in [1.807, 2.05) is 6.07 Å². The first-order valence-electron chi connectivity index (χ1n) is 7.39. The van der Waals surface area contributed by atoms with Gasteiger partial charge in [-0.1, -0.05) is 19.9 Å². The van der Waals surface area contributed by atoms with Gasteiger partial charge in [0.05, 0.1) is 7.11 Å². The van der Waals surface area contributed by atoms with Crippen molar-refractivity contribution in [2.75, 3.05) is 7.11 Å². The average Bonchev–Trinajstić information content (AvgIpc) is 2.47. The Hall–Kier alpha value is -1.31. The summed E-state index contributed by atoms with van der Waals surface area (Å²) in [6, 6.07) is 6.39. The third kappa shape index (κ3) is 1.52.